The van der Waals surface area contributed by atoms with Crippen molar-refractivity contribution < 1.29 is 9.53 Å². The number of hydrogen-bond acceptors (Lipinski definition) is 3. The quantitative estimate of drug-likeness (QED) is 0.807. The molecule has 1 saturated heterocycles. The predicted molar refractivity (Wildman–Crippen MR) is 101 cm³/mol. The molecule has 3 rings (SSSR count). The fraction of sp³-hybridized carbons (Fsp3) is 0.350. The highest BCUT2D eigenvalue weighted by molar-refractivity contribution is 7.99. The van der Waals surface area contributed by atoms with Crippen molar-refractivity contribution in [2.75, 3.05) is 25.5 Å². The molecule has 0 aromatic heterocycles. The number of ether oxygens (including phenoxy) is 1. The second-order valence-corrected chi connectivity index (χ2v) is 7.29. The number of benzene rings is 2. The number of hydrogen-bond donors (Lipinski definition) is 1. The van der Waals surface area contributed by atoms with E-state index in [1.807, 2.05) is 54.2 Å². The first-order valence-electron chi connectivity index (χ1n) is 8.46. The number of amides is 1. The molecule has 1 aliphatic rings. The van der Waals surface area contributed by atoms with Gasteiger partial charge in [0.2, 0.25) is 0 Å². The molecule has 24 heavy (non-hydrogen) atoms. The molecule has 2 aromatic carbocycles. The summed E-state index contributed by atoms with van der Waals surface area (Å²) in [4.78, 5) is 12.2. The van der Waals surface area contributed by atoms with Crippen molar-refractivity contribution in [3.8, 4) is 11.1 Å². The Labute approximate surface area is 147 Å². The Hall–Kier alpha value is -1.78. The van der Waals surface area contributed by atoms with E-state index >= 15 is 0 Å². The number of carbonyl (C=O) groups excluding carboxylic acids is 1. The van der Waals surface area contributed by atoms with Gasteiger partial charge in [0.05, 0.1) is 0 Å². The Morgan fingerprint density at radius 1 is 1.00 bits per heavy atom. The normalized spacial score (nSPS) is 15.2. The number of thioether (sulfide) groups is 1. The number of carbonyl (C=O) groups is 1. The van der Waals surface area contributed by atoms with Crippen LogP contribution in [0.3, 0.4) is 0 Å². The largest absolute Gasteiger partial charge is 0.381 e. The summed E-state index contributed by atoms with van der Waals surface area (Å²) in [5, 5.41) is 3.69. The molecule has 126 valence electrons. The molecule has 1 N–H and O–H groups in total. The highest BCUT2D eigenvalue weighted by Crippen LogP contribution is 2.21. The van der Waals surface area contributed by atoms with Gasteiger partial charge in [-0.1, -0.05) is 42.5 Å². The fourth-order valence-corrected chi connectivity index (χ4v) is 3.86. The summed E-state index contributed by atoms with van der Waals surface area (Å²) in [5.74, 6) is 0.959. The van der Waals surface area contributed by atoms with E-state index in [0.29, 0.717) is 17.4 Å². The average Bonchev–Trinajstić information content (AvgIpc) is 2.67. The molecule has 0 saturated carbocycles. The van der Waals surface area contributed by atoms with Crippen LogP contribution in [0.2, 0.25) is 0 Å². The molecular formula is C20H23NO2S. The van der Waals surface area contributed by atoms with Gasteiger partial charge >= 0.3 is 0 Å². The third kappa shape index (κ3) is 4.86. The van der Waals surface area contributed by atoms with Crippen LogP contribution in [-0.4, -0.2) is 36.7 Å². The summed E-state index contributed by atoms with van der Waals surface area (Å²) in [6.07, 6.45) is 2.25. The average molecular weight is 341 g/mol. The van der Waals surface area contributed by atoms with Crippen LogP contribution in [0, 0.1) is 0 Å². The zero-order valence-corrected chi connectivity index (χ0v) is 14.6. The minimum absolute atomic E-state index is 0.00203. The van der Waals surface area contributed by atoms with Crippen LogP contribution in [0.1, 0.15) is 23.2 Å². The van der Waals surface area contributed by atoms with Crippen LogP contribution >= 0.6 is 11.8 Å². The fourth-order valence-electron chi connectivity index (χ4n) is 2.78. The van der Waals surface area contributed by atoms with Crippen molar-refractivity contribution in [1.29, 1.82) is 0 Å². The van der Waals surface area contributed by atoms with Crippen molar-refractivity contribution in [3.63, 3.8) is 0 Å². The summed E-state index contributed by atoms with van der Waals surface area (Å²) >= 11 is 1.94. The first-order chi connectivity index (χ1) is 11.8. The Balaban J connectivity index is 1.45. The molecule has 0 atom stereocenters. The van der Waals surface area contributed by atoms with E-state index in [9.17, 15) is 4.79 Å². The second-order valence-electron chi connectivity index (χ2n) is 5.88. The number of nitrogens with one attached hydrogen (secondary N) is 1. The van der Waals surface area contributed by atoms with Gasteiger partial charge in [-0.25, -0.2) is 0 Å². The molecule has 0 bridgehead atoms. The van der Waals surface area contributed by atoms with Crippen LogP contribution in [0.5, 0.6) is 0 Å². The summed E-state index contributed by atoms with van der Waals surface area (Å²) in [6.45, 7) is 2.46. The Bertz CT molecular complexity index is 636. The summed E-state index contributed by atoms with van der Waals surface area (Å²) < 4.78 is 5.36. The predicted octanol–water partition coefficient (Wildman–Crippen LogP) is 4.00. The van der Waals surface area contributed by atoms with E-state index in [1.54, 1.807) is 0 Å². The highest BCUT2D eigenvalue weighted by atomic mass is 32.2. The van der Waals surface area contributed by atoms with Crippen molar-refractivity contribution in [2.45, 2.75) is 18.1 Å². The van der Waals surface area contributed by atoms with Gasteiger partial charge in [-0.15, -0.1) is 0 Å². The molecule has 4 heteroatoms. The lowest BCUT2D eigenvalue weighted by atomic mass is 10.0. The molecule has 0 aliphatic carbocycles. The van der Waals surface area contributed by atoms with Gasteiger partial charge in [0, 0.05) is 36.3 Å². The molecule has 0 spiro atoms. The first-order valence-corrected chi connectivity index (χ1v) is 9.51. The van der Waals surface area contributed by atoms with E-state index in [1.165, 1.54) is 0 Å². The standard InChI is InChI=1S/C20H23NO2S/c22-20(21-12-15-24-19-10-13-23-14-11-19)18-8-6-17(7-9-18)16-4-2-1-3-5-16/h1-9,19H,10-15H2,(H,21,22). The van der Waals surface area contributed by atoms with Gasteiger partial charge in [0.1, 0.15) is 0 Å². The minimum atomic E-state index is 0.00203. The Kier molecular flexibility index (Phi) is 6.33. The van der Waals surface area contributed by atoms with E-state index in [2.05, 4.69) is 17.4 Å². The van der Waals surface area contributed by atoms with Crippen molar-refractivity contribution in [3.05, 3.63) is 60.2 Å². The van der Waals surface area contributed by atoms with Crippen molar-refractivity contribution >= 4 is 17.7 Å². The monoisotopic (exact) mass is 341 g/mol. The molecule has 1 fully saturated rings. The summed E-state index contributed by atoms with van der Waals surface area (Å²) in [5.41, 5.74) is 3.00. The highest BCUT2D eigenvalue weighted by Gasteiger charge is 2.13. The van der Waals surface area contributed by atoms with Crippen LogP contribution < -0.4 is 5.32 Å². The molecule has 1 amide bonds. The van der Waals surface area contributed by atoms with E-state index in [4.69, 9.17) is 4.74 Å². The van der Waals surface area contributed by atoms with Crippen molar-refractivity contribution in [1.82, 2.24) is 5.32 Å². The maximum Gasteiger partial charge on any atom is 0.251 e. The van der Waals surface area contributed by atoms with Gasteiger partial charge in [0.15, 0.2) is 0 Å². The molecule has 1 heterocycles. The lowest BCUT2D eigenvalue weighted by molar-refractivity contribution is 0.0955. The van der Waals surface area contributed by atoms with Gasteiger partial charge in [-0.2, -0.15) is 11.8 Å². The van der Waals surface area contributed by atoms with Gasteiger partial charge in [0.25, 0.3) is 5.91 Å². The van der Waals surface area contributed by atoms with Crippen LogP contribution in [0.15, 0.2) is 54.6 Å². The van der Waals surface area contributed by atoms with Crippen LogP contribution in [0.25, 0.3) is 11.1 Å². The molecule has 2 aromatic rings. The van der Waals surface area contributed by atoms with E-state index < -0.39 is 0 Å². The molecular weight excluding hydrogens is 318 g/mol. The van der Waals surface area contributed by atoms with Crippen LogP contribution in [0.4, 0.5) is 0 Å². The van der Waals surface area contributed by atoms with Gasteiger partial charge in [-0.05, 0) is 36.1 Å². The molecule has 1 aliphatic heterocycles. The number of rotatable bonds is 6. The maximum atomic E-state index is 12.2. The summed E-state index contributed by atoms with van der Waals surface area (Å²) in [6, 6.07) is 18.0. The third-order valence-corrected chi connectivity index (χ3v) is 5.55. The topological polar surface area (TPSA) is 38.3 Å². The van der Waals surface area contributed by atoms with Crippen LogP contribution in [-0.2, 0) is 4.74 Å². The van der Waals surface area contributed by atoms with E-state index in [0.717, 1.165) is 42.9 Å². The van der Waals surface area contributed by atoms with Gasteiger partial charge < -0.3 is 10.1 Å². The first kappa shape index (κ1) is 17.1. The zero-order valence-electron chi connectivity index (χ0n) is 13.7. The van der Waals surface area contributed by atoms with Crippen molar-refractivity contribution in [2.24, 2.45) is 0 Å². The molecule has 3 nitrogen and oxygen atoms in total. The van der Waals surface area contributed by atoms with E-state index in [-0.39, 0.29) is 5.91 Å². The lowest BCUT2D eigenvalue weighted by Crippen LogP contribution is -2.27. The van der Waals surface area contributed by atoms with Gasteiger partial charge in [-0.3, -0.25) is 4.79 Å². The maximum absolute atomic E-state index is 12.2. The Morgan fingerprint density at radius 2 is 1.67 bits per heavy atom. The zero-order chi connectivity index (χ0) is 16.6. The smallest absolute Gasteiger partial charge is 0.251 e. The Morgan fingerprint density at radius 3 is 2.38 bits per heavy atom. The SMILES string of the molecule is O=C(NCCSC1CCOCC1)c1ccc(-c2ccccc2)cc1. The third-order valence-electron chi connectivity index (χ3n) is 4.16. The second kappa shape index (κ2) is 8.90. The minimum Gasteiger partial charge on any atom is -0.381 e. The molecule has 0 radical (unpaired) electrons. The molecule has 0 unspecified atom stereocenters. The summed E-state index contributed by atoms with van der Waals surface area (Å²) in [7, 11) is 0. The lowest BCUT2D eigenvalue weighted by Gasteiger charge is -2.21.